The fourth-order valence-corrected chi connectivity index (χ4v) is 3.63. The minimum atomic E-state index is -0.315. The first-order chi connectivity index (χ1) is 16.6. The third-order valence-electron chi connectivity index (χ3n) is 4.63. The molecule has 0 radical (unpaired) electrons. The fourth-order valence-electron chi connectivity index (χ4n) is 2.94. The van der Waals surface area contributed by atoms with Gasteiger partial charge >= 0.3 is 0 Å². The Kier molecular flexibility index (Phi) is 7.51. The number of hydrogen-bond donors (Lipinski definition) is 2. The standard InChI is InChI=1S/C24H22N6O3S/c1-30-16-26-29-24(30)34-15-21(31)27-19-9-5-8-18(12-19)23(32)28-20-10-11-22(25-13-20)33-14-17-6-3-2-4-7-17/h2-13,16H,14-15H2,1H3,(H,27,31)(H,28,32). The van der Waals surface area contributed by atoms with Crippen LogP contribution in [-0.2, 0) is 18.4 Å². The van der Waals surface area contributed by atoms with Crippen LogP contribution >= 0.6 is 11.8 Å². The van der Waals surface area contributed by atoms with Crippen LogP contribution < -0.4 is 15.4 Å². The van der Waals surface area contributed by atoms with E-state index in [1.807, 2.05) is 37.4 Å². The maximum absolute atomic E-state index is 12.7. The molecule has 0 saturated carbocycles. The molecule has 0 atom stereocenters. The molecule has 172 valence electrons. The van der Waals surface area contributed by atoms with Crippen molar-refractivity contribution in [1.82, 2.24) is 19.7 Å². The van der Waals surface area contributed by atoms with E-state index in [2.05, 4.69) is 25.8 Å². The SMILES string of the molecule is Cn1cnnc1SCC(=O)Nc1cccc(C(=O)Nc2ccc(OCc3ccccc3)nc2)c1. The van der Waals surface area contributed by atoms with Crippen LogP contribution in [0.1, 0.15) is 15.9 Å². The lowest BCUT2D eigenvalue weighted by Crippen LogP contribution is -2.16. The molecule has 2 aromatic heterocycles. The number of amides is 2. The highest BCUT2D eigenvalue weighted by atomic mass is 32.2. The Bertz CT molecular complexity index is 1260. The summed E-state index contributed by atoms with van der Waals surface area (Å²) in [4.78, 5) is 29.2. The van der Waals surface area contributed by atoms with Gasteiger partial charge in [-0.1, -0.05) is 48.2 Å². The third-order valence-corrected chi connectivity index (χ3v) is 5.67. The Morgan fingerprint density at radius 1 is 1.00 bits per heavy atom. The summed E-state index contributed by atoms with van der Waals surface area (Å²) in [5.41, 5.74) is 2.51. The van der Waals surface area contributed by atoms with Gasteiger partial charge in [-0.15, -0.1) is 10.2 Å². The lowest BCUT2D eigenvalue weighted by molar-refractivity contribution is -0.113. The van der Waals surface area contributed by atoms with Crippen LogP contribution in [0.25, 0.3) is 0 Å². The Morgan fingerprint density at radius 2 is 1.85 bits per heavy atom. The number of benzene rings is 2. The van der Waals surface area contributed by atoms with Crippen molar-refractivity contribution in [3.63, 3.8) is 0 Å². The number of anilines is 2. The largest absolute Gasteiger partial charge is 0.473 e. The number of pyridine rings is 1. The number of ether oxygens (including phenoxy) is 1. The number of rotatable bonds is 9. The summed E-state index contributed by atoms with van der Waals surface area (Å²) in [5, 5.41) is 13.9. The molecule has 2 amide bonds. The van der Waals surface area contributed by atoms with Crippen LogP contribution in [0.15, 0.2) is 84.4 Å². The minimum Gasteiger partial charge on any atom is -0.473 e. The molecule has 0 bridgehead atoms. The average molecular weight is 475 g/mol. The van der Waals surface area contributed by atoms with Gasteiger partial charge in [0.1, 0.15) is 12.9 Å². The van der Waals surface area contributed by atoms with Crippen molar-refractivity contribution in [3.8, 4) is 5.88 Å². The number of nitrogens with zero attached hydrogens (tertiary/aromatic N) is 4. The average Bonchev–Trinajstić information content (AvgIpc) is 3.27. The highest BCUT2D eigenvalue weighted by Gasteiger charge is 2.11. The van der Waals surface area contributed by atoms with Gasteiger partial charge in [0.2, 0.25) is 11.8 Å². The quantitative estimate of drug-likeness (QED) is 0.355. The zero-order valence-corrected chi connectivity index (χ0v) is 19.2. The molecular weight excluding hydrogens is 452 g/mol. The molecule has 10 heteroatoms. The van der Waals surface area contributed by atoms with Crippen molar-refractivity contribution in [2.75, 3.05) is 16.4 Å². The van der Waals surface area contributed by atoms with Crippen molar-refractivity contribution in [1.29, 1.82) is 0 Å². The lowest BCUT2D eigenvalue weighted by atomic mass is 10.2. The second-order valence-electron chi connectivity index (χ2n) is 7.26. The topological polar surface area (TPSA) is 111 Å². The molecule has 0 aliphatic rings. The van der Waals surface area contributed by atoms with E-state index in [9.17, 15) is 9.59 Å². The lowest BCUT2D eigenvalue weighted by Gasteiger charge is -2.09. The first-order valence-electron chi connectivity index (χ1n) is 10.4. The zero-order chi connectivity index (χ0) is 23.8. The van der Waals surface area contributed by atoms with Crippen molar-refractivity contribution in [2.45, 2.75) is 11.8 Å². The molecule has 2 aromatic carbocycles. The first kappa shape index (κ1) is 23.0. The summed E-state index contributed by atoms with van der Waals surface area (Å²) in [6.45, 7) is 0.412. The van der Waals surface area contributed by atoms with Gasteiger partial charge in [0.15, 0.2) is 5.16 Å². The van der Waals surface area contributed by atoms with E-state index in [4.69, 9.17) is 4.74 Å². The highest BCUT2D eigenvalue weighted by Crippen LogP contribution is 2.17. The van der Waals surface area contributed by atoms with Gasteiger partial charge in [0, 0.05) is 24.4 Å². The number of nitrogens with one attached hydrogen (secondary N) is 2. The molecule has 9 nitrogen and oxygen atoms in total. The van der Waals surface area contributed by atoms with Crippen LogP contribution in [0.2, 0.25) is 0 Å². The van der Waals surface area contributed by atoms with Crippen LogP contribution in [0.4, 0.5) is 11.4 Å². The van der Waals surface area contributed by atoms with E-state index < -0.39 is 0 Å². The summed E-state index contributed by atoms with van der Waals surface area (Å²) in [6, 6.07) is 19.9. The number of thioether (sulfide) groups is 1. The predicted molar refractivity (Wildman–Crippen MR) is 130 cm³/mol. The predicted octanol–water partition coefficient (Wildman–Crippen LogP) is 3.77. The second-order valence-corrected chi connectivity index (χ2v) is 8.20. The number of aromatic nitrogens is 4. The van der Waals surface area contributed by atoms with Gasteiger partial charge in [0.05, 0.1) is 17.6 Å². The van der Waals surface area contributed by atoms with Crippen molar-refractivity contribution in [2.24, 2.45) is 7.05 Å². The summed E-state index contributed by atoms with van der Waals surface area (Å²) < 4.78 is 7.40. The molecule has 0 aliphatic carbocycles. The van der Waals surface area contributed by atoms with Gasteiger partial charge in [-0.2, -0.15) is 0 Å². The molecular formula is C24H22N6O3S. The van der Waals surface area contributed by atoms with E-state index in [-0.39, 0.29) is 17.6 Å². The monoisotopic (exact) mass is 474 g/mol. The second kappa shape index (κ2) is 11.1. The van der Waals surface area contributed by atoms with E-state index >= 15 is 0 Å². The molecule has 2 heterocycles. The molecule has 0 spiro atoms. The van der Waals surface area contributed by atoms with Crippen LogP contribution in [0, 0.1) is 0 Å². The van der Waals surface area contributed by atoms with E-state index in [0.29, 0.717) is 34.6 Å². The number of hydrogen-bond acceptors (Lipinski definition) is 7. The Labute approximate surface area is 200 Å². The summed E-state index contributed by atoms with van der Waals surface area (Å²) in [7, 11) is 1.81. The molecule has 4 aromatic rings. The van der Waals surface area contributed by atoms with Crippen molar-refractivity contribution >= 4 is 35.0 Å². The number of aryl methyl sites for hydroxylation is 1. The van der Waals surface area contributed by atoms with E-state index in [1.54, 1.807) is 47.3 Å². The highest BCUT2D eigenvalue weighted by molar-refractivity contribution is 7.99. The summed E-state index contributed by atoms with van der Waals surface area (Å²) >= 11 is 1.28. The molecule has 0 aliphatic heterocycles. The van der Waals surface area contributed by atoms with E-state index in [1.165, 1.54) is 18.0 Å². The van der Waals surface area contributed by atoms with Crippen LogP contribution in [0.5, 0.6) is 5.88 Å². The maximum atomic E-state index is 12.7. The minimum absolute atomic E-state index is 0.174. The summed E-state index contributed by atoms with van der Waals surface area (Å²) in [6.07, 6.45) is 3.11. The zero-order valence-electron chi connectivity index (χ0n) is 18.3. The first-order valence-corrected chi connectivity index (χ1v) is 11.4. The third kappa shape index (κ3) is 6.42. The van der Waals surface area contributed by atoms with Crippen LogP contribution in [-0.4, -0.2) is 37.3 Å². The molecule has 34 heavy (non-hydrogen) atoms. The van der Waals surface area contributed by atoms with Gasteiger partial charge < -0.3 is 19.9 Å². The Balaban J connectivity index is 1.29. The number of carbonyl (C=O) groups excluding carboxylic acids is 2. The molecule has 0 unspecified atom stereocenters. The molecule has 0 saturated heterocycles. The summed E-state index contributed by atoms with van der Waals surface area (Å²) in [5.74, 6) is 0.115. The normalized spacial score (nSPS) is 10.5. The maximum Gasteiger partial charge on any atom is 0.255 e. The molecule has 2 N–H and O–H groups in total. The smallest absolute Gasteiger partial charge is 0.255 e. The molecule has 0 fully saturated rings. The van der Waals surface area contributed by atoms with Crippen LogP contribution in [0.3, 0.4) is 0 Å². The Hall–Kier alpha value is -4.18. The fraction of sp³-hybridized carbons (Fsp3) is 0.125. The van der Waals surface area contributed by atoms with Gasteiger partial charge in [-0.05, 0) is 29.8 Å². The van der Waals surface area contributed by atoms with Gasteiger partial charge in [-0.3, -0.25) is 9.59 Å². The number of carbonyl (C=O) groups is 2. The van der Waals surface area contributed by atoms with E-state index in [0.717, 1.165) is 5.56 Å². The molecule has 4 rings (SSSR count). The Morgan fingerprint density at radius 3 is 2.59 bits per heavy atom. The van der Waals surface area contributed by atoms with Gasteiger partial charge in [-0.25, -0.2) is 4.98 Å². The van der Waals surface area contributed by atoms with Crippen molar-refractivity contribution in [3.05, 3.63) is 90.4 Å². The van der Waals surface area contributed by atoms with Gasteiger partial charge in [0.25, 0.3) is 5.91 Å². The van der Waals surface area contributed by atoms with Crippen molar-refractivity contribution < 1.29 is 14.3 Å².